The molecule has 0 bridgehead atoms. The molecule has 1 aliphatic heterocycles. The molecule has 0 atom stereocenters. The molecule has 0 amide bonds. The lowest BCUT2D eigenvalue weighted by molar-refractivity contribution is -0.152. The Morgan fingerprint density at radius 3 is 2.00 bits per heavy atom. The highest BCUT2D eigenvalue weighted by molar-refractivity contribution is 5.76. The number of hydrogen-bond acceptors (Lipinski definition) is 4. The SMILES string of the molecule is Cc1cc(OC(C)(C)C(=O)O)c(C)cc1CN1CCN(Cc2ccc(C(F)(F)F)cc2)CC1. The molecule has 5 nitrogen and oxygen atoms in total. The van der Waals surface area contributed by atoms with Crippen molar-refractivity contribution in [2.45, 2.75) is 52.6 Å². The summed E-state index contributed by atoms with van der Waals surface area (Å²) in [4.78, 5) is 16.0. The minimum Gasteiger partial charge on any atom is -0.478 e. The summed E-state index contributed by atoms with van der Waals surface area (Å²) in [6.45, 7) is 11.8. The number of aryl methyl sites for hydroxylation is 2. The van der Waals surface area contributed by atoms with Gasteiger partial charge in [0, 0.05) is 39.3 Å². The fourth-order valence-corrected chi connectivity index (χ4v) is 3.85. The zero-order chi connectivity index (χ0) is 24.4. The predicted octanol–water partition coefficient (Wildman–Crippen LogP) is 4.88. The Hall–Kier alpha value is -2.58. The third-order valence-corrected chi connectivity index (χ3v) is 6.06. The zero-order valence-corrected chi connectivity index (χ0v) is 19.5. The molecule has 0 aromatic heterocycles. The number of hydrogen-bond donors (Lipinski definition) is 1. The Morgan fingerprint density at radius 2 is 1.48 bits per heavy atom. The second-order valence-electron chi connectivity index (χ2n) is 9.21. The third kappa shape index (κ3) is 6.48. The van der Waals surface area contributed by atoms with E-state index < -0.39 is 23.3 Å². The van der Waals surface area contributed by atoms with Crippen molar-refractivity contribution < 1.29 is 27.8 Å². The molecule has 2 aromatic rings. The van der Waals surface area contributed by atoms with Crippen molar-refractivity contribution in [3.05, 3.63) is 64.2 Å². The average molecular weight is 465 g/mol. The Morgan fingerprint density at radius 1 is 0.939 bits per heavy atom. The molecule has 2 aromatic carbocycles. The van der Waals surface area contributed by atoms with E-state index in [4.69, 9.17) is 4.74 Å². The van der Waals surface area contributed by atoms with Crippen LogP contribution in [0.25, 0.3) is 0 Å². The second-order valence-corrected chi connectivity index (χ2v) is 9.21. The molecule has 3 rings (SSSR count). The van der Waals surface area contributed by atoms with Crippen LogP contribution in [0.5, 0.6) is 5.75 Å². The summed E-state index contributed by atoms with van der Waals surface area (Å²) in [7, 11) is 0. The van der Waals surface area contributed by atoms with Crippen molar-refractivity contribution in [3.63, 3.8) is 0 Å². The first kappa shape index (κ1) is 25.1. The van der Waals surface area contributed by atoms with Gasteiger partial charge in [-0.3, -0.25) is 9.80 Å². The largest absolute Gasteiger partial charge is 0.478 e. The standard InChI is InChI=1S/C25H31F3N2O3/c1-17-14-22(33-24(3,4)23(31)32)18(2)13-20(17)16-30-11-9-29(10-12-30)15-19-5-7-21(8-6-19)25(26,27)28/h5-8,13-14H,9-12,15-16H2,1-4H3,(H,31,32). The van der Waals surface area contributed by atoms with Crippen molar-refractivity contribution in [1.82, 2.24) is 9.80 Å². The summed E-state index contributed by atoms with van der Waals surface area (Å²) >= 11 is 0. The number of carbonyl (C=O) groups is 1. The molecule has 180 valence electrons. The summed E-state index contributed by atoms with van der Waals surface area (Å²) in [5.74, 6) is -0.442. The predicted molar refractivity (Wildman–Crippen MR) is 120 cm³/mol. The number of carboxylic acid groups (broad SMARTS) is 1. The quantitative estimate of drug-likeness (QED) is 0.633. The number of benzene rings is 2. The fraction of sp³-hybridized carbons (Fsp3) is 0.480. The summed E-state index contributed by atoms with van der Waals surface area (Å²) in [6.07, 6.45) is -4.31. The molecule has 0 saturated carbocycles. The molecule has 1 fully saturated rings. The Kier molecular flexibility index (Phi) is 7.39. The maximum Gasteiger partial charge on any atom is 0.416 e. The van der Waals surface area contributed by atoms with E-state index in [0.717, 1.165) is 61.5 Å². The molecule has 0 radical (unpaired) electrons. The van der Waals surface area contributed by atoms with Crippen LogP contribution >= 0.6 is 0 Å². The van der Waals surface area contributed by atoms with Gasteiger partial charge in [0.05, 0.1) is 5.56 Å². The molecule has 1 saturated heterocycles. The molecule has 33 heavy (non-hydrogen) atoms. The Bertz CT molecular complexity index is 980. The van der Waals surface area contributed by atoms with Gasteiger partial charge in [0.25, 0.3) is 0 Å². The van der Waals surface area contributed by atoms with Gasteiger partial charge < -0.3 is 9.84 Å². The van der Waals surface area contributed by atoms with Gasteiger partial charge in [0.1, 0.15) is 5.75 Å². The fourth-order valence-electron chi connectivity index (χ4n) is 3.85. The summed E-state index contributed by atoms with van der Waals surface area (Å²) in [5, 5.41) is 9.31. The second kappa shape index (κ2) is 9.73. The van der Waals surface area contributed by atoms with Crippen molar-refractivity contribution in [2.75, 3.05) is 26.2 Å². The maximum absolute atomic E-state index is 12.7. The maximum atomic E-state index is 12.7. The minimum atomic E-state index is -4.31. The van der Waals surface area contributed by atoms with Gasteiger partial charge in [0.2, 0.25) is 0 Å². The van der Waals surface area contributed by atoms with Gasteiger partial charge in [-0.15, -0.1) is 0 Å². The minimum absolute atomic E-state index is 0.574. The van der Waals surface area contributed by atoms with Crippen LogP contribution in [0.15, 0.2) is 36.4 Å². The molecule has 1 heterocycles. The van der Waals surface area contributed by atoms with Gasteiger partial charge in [-0.05, 0) is 68.1 Å². The first-order chi connectivity index (χ1) is 15.3. The third-order valence-electron chi connectivity index (χ3n) is 6.06. The molecule has 1 N–H and O–H groups in total. The number of piperazine rings is 1. The summed E-state index contributed by atoms with van der Waals surface area (Å²) < 4.78 is 43.9. The van der Waals surface area contributed by atoms with Crippen LogP contribution in [0.2, 0.25) is 0 Å². The van der Waals surface area contributed by atoms with Gasteiger partial charge in [-0.2, -0.15) is 13.2 Å². The van der Waals surface area contributed by atoms with Crippen LogP contribution in [0, 0.1) is 13.8 Å². The summed E-state index contributed by atoms with van der Waals surface area (Å²) in [5.41, 5.74) is 2.06. The van der Waals surface area contributed by atoms with Gasteiger partial charge >= 0.3 is 12.1 Å². The normalized spacial score (nSPS) is 16.1. The van der Waals surface area contributed by atoms with Gasteiger partial charge in [-0.1, -0.05) is 18.2 Å². The van der Waals surface area contributed by atoms with E-state index in [9.17, 15) is 23.1 Å². The average Bonchev–Trinajstić information content (AvgIpc) is 2.72. The monoisotopic (exact) mass is 464 g/mol. The molecular weight excluding hydrogens is 433 g/mol. The van der Waals surface area contributed by atoms with Crippen molar-refractivity contribution in [3.8, 4) is 5.75 Å². The lowest BCUT2D eigenvalue weighted by Gasteiger charge is -2.35. The van der Waals surface area contributed by atoms with Crippen LogP contribution < -0.4 is 4.74 Å². The van der Waals surface area contributed by atoms with Crippen LogP contribution in [-0.4, -0.2) is 52.7 Å². The lowest BCUT2D eigenvalue weighted by atomic mass is 10.0. The van der Waals surface area contributed by atoms with Crippen LogP contribution in [-0.2, 0) is 24.1 Å². The number of alkyl halides is 3. The zero-order valence-electron chi connectivity index (χ0n) is 19.5. The van der Waals surface area contributed by atoms with Crippen LogP contribution in [0.1, 0.15) is 41.7 Å². The van der Waals surface area contributed by atoms with Crippen molar-refractivity contribution in [1.29, 1.82) is 0 Å². The molecule has 0 aliphatic carbocycles. The number of nitrogens with zero attached hydrogens (tertiary/aromatic N) is 2. The van der Waals surface area contributed by atoms with Crippen LogP contribution in [0.3, 0.4) is 0 Å². The van der Waals surface area contributed by atoms with Gasteiger partial charge in [-0.25, -0.2) is 4.79 Å². The molecular formula is C25H31F3N2O3. The highest BCUT2D eigenvalue weighted by Crippen LogP contribution is 2.30. The van der Waals surface area contributed by atoms with E-state index in [2.05, 4.69) is 15.9 Å². The van der Waals surface area contributed by atoms with E-state index in [-0.39, 0.29) is 0 Å². The molecule has 8 heteroatoms. The number of rotatable bonds is 7. The summed E-state index contributed by atoms with van der Waals surface area (Å²) in [6, 6.07) is 9.34. The lowest BCUT2D eigenvalue weighted by Crippen LogP contribution is -2.45. The van der Waals surface area contributed by atoms with Crippen LogP contribution in [0.4, 0.5) is 13.2 Å². The number of aliphatic carboxylic acids is 1. The topological polar surface area (TPSA) is 53.0 Å². The highest BCUT2D eigenvalue weighted by Gasteiger charge is 2.31. The van der Waals surface area contributed by atoms with Crippen molar-refractivity contribution in [2.24, 2.45) is 0 Å². The van der Waals surface area contributed by atoms with E-state index in [1.165, 1.54) is 19.4 Å². The van der Waals surface area contributed by atoms with E-state index in [0.29, 0.717) is 12.3 Å². The van der Waals surface area contributed by atoms with Gasteiger partial charge in [0.15, 0.2) is 5.60 Å². The Balaban J connectivity index is 1.55. The number of halogens is 3. The first-order valence-corrected chi connectivity index (χ1v) is 11.0. The number of carboxylic acids is 1. The molecule has 1 aliphatic rings. The Labute approximate surface area is 192 Å². The van der Waals surface area contributed by atoms with E-state index in [1.807, 2.05) is 19.9 Å². The molecule has 0 unspecified atom stereocenters. The van der Waals surface area contributed by atoms with E-state index >= 15 is 0 Å². The van der Waals surface area contributed by atoms with Crippen molar-refractivity contribution >= 4 is 5.97 Å². The highest BCUT2D eigenvalue weighted by atomic mass is 19.4. The smallest absolute Gasteiger partial charge is 0.416 e. The molecule has 0 spiro atoms. The number of ether oxygens (including phenoxy) is 1. The van der Waals surface area contributed by atoms with E-state index in [1.54, 1.807) is 12.1 Å². The first-order valence-electron chi connectivity index (χ1n) is 11.0.